The quantitative estimate of drug-likeness (QED) is 0.377. The number of nitrogens with zero attached hydrogens (tertiary/aromatic N) is 1. The number of esters is 1. The smallest absolute Gasteiger partial charge is 0.308 e. The second-order valence-corrected chi connectivity index (χ2v) is 4.70. The minimum atomic E-state index is -0.908. The van der Waals surface area contributed by atoms with Crippen molar-refractivity contribution < 1.29 is 24.3 Å². The lowest BCUT2D eigenvalue weighted by Gasteiger charge is -2.12. The predicted octanol–water partition coefficient (Wildman–Crippen LogP) is 2.57. The molecule has 124 valence electrons. The summed E-state index contributed by atoms with van der Waals surface area (Å²) in [4.78, 5) is 38.2. The molecule has 0 unspecified atom stereocenters. The third kappa shape index (κ3) is 4.54. The van der Waals surface area contributed by atoms with Gasteiger partial charge < -0.3 is 14.9 Å². The van der Waals surface area contributed by atoms with E-state index in [4.69, 9.17) is 4.74 Å². The van der Waals surface area contributed by atoms with Crippen LogP contribution < -0.4 is 10.1 Å². The Kier molecular flexibility index (Phi) is 5.45. The van der Waals surface area contributed by atoms with Crippen LogP contribution in [0.25, 0.3) is 0 Å². The first-order chi connectivity index (χ1) is 11.5. The normalized spacial score (nSPS) is 9.88. The predicted molar refractivity (Wildman–Crippen MR) is 83.9 cm³/mol. The molecule has 0 spiro atoms. The van der Waals surface area contributed by atoms with Crippen LogP contribution in [0.3, 0.4) is 0 Å². The Hall–Kier alpha value is -3.42. The average Bonchev–Trinajstić information content (AvgIpc) is 2.54. The van der Waals surface area contributed by atoms with E-state index in [1.165, 1.54) is 19.1 Å². The maximum atomic E-state index is 12.4. The SMILES string of the molecule is CC(=O)Oc1ccccc1C(=O)Nc1ccccc1CO[N+](=O)[O-]. The van der Waals surface area contributed by atoms with E-state index < -0.39 is 17.0 Å². The first kappa shape index (κ1) is 16.9. The molecule has 2 rings (SSSR count). The van der Waals surface area contributed by atoms with Crippen molar-refractivity contribution in [3.05, 3.63) is 69.8 Å². The lowest BCUT2D eigenvalue weighted by Crippen LogP contribution is -2.16. The van der Waals surface area contributed by atoms with Crippen molar-refractivity contribution >= 4 is 17.6 Å². The molecule has 8 nitrogen and oxygen atoms in total. The Labute approximate surface area is 137 Å². The average molecular weight is 330 g/mol. The van der Waals surface area contributed by atoms with E-state index in [2.05, 4.69) is 10.2 Å². The van der Waals surface area contributed by atoms with Gasteiger partial charge in [0.15, 0.2) is 0 Å². The lowest BCUT2D eigenvalue weighted by molar-refractivity contribution is -0.762. The molecule has 0 heterocycles. The van der Waals surface area contributed by atoms with Crippen molar-refractivity contribution in [1.82, 2.24) is 0 Å². The highest BCUT2D eigenvalue weighted by molar-refractivity contribution is 6.06. The molecule has 0 radical (unpaired) electrons. The summed E-state index contributed by atoms with van der Waals surface area (Å²) in [5.74, 6) is -0.933. The van der Waals surface area contributed by atoms with Gasteiger partial charge in [0.05, 0.1) is 5.56 Å². The number of ether oxygens (including phenoxy) is 1. The number of nitrogens with one attached hydrogen (secondary N) is 1. The standard InChI is InChI=1S/C16H14N2O6/c1-11(19)24-15-9-5-3-7-13(15)16(20)17-14-8-4-2-6-12(14)10-23-18(21)22/h2-9H,10H2,1H3,(H,17,20). The number of anilines is 1. The topological polar surface area (TPSA) is 108 Å². The van der Waals surface area contributed by atoms with E-state index in [0.29, 0.717) is 11.3 Å². The number of hydrogen-bond acceptors (Lipinski definition) is 6. The van der Waals surface area contributed by atoms with E-state index in [0.717, 1.165) is 0 Å². The summed E-state index contributed by atoms with van der Waals surface area (Å²) in [7, 11) is 0. The van der Waals surface area contributed by atoms with E-state index in [1.807, 2.05) is 0 Å². The van der Waals surface area contributed by atoms with Gasteiger partial charge in [-0.25, -0.2) is 0 Å². The van der Waals surface area contributed by atoms with Crippen molar-refractivity contribution in [2.45, 2.75) is 13.5 Å². The van der Waals surface area contributed by atoms with E-state index in [1.54, 1.807) is 36.4 Å². The molecule has 0 fully saturated rings. The van der Waals surface area contributed by atoms with Gasteiger partial charge in [-0.3, -0.25) is 9.59 Å². The van der Waals surface area contributed by atoms with Crippen LogP contribution in [0.2, 0.25) is 0 Å². The molecule has 0 bridgehead atoms. The number of rotatable bonds is 6. The molecule has 0 atom stereocenters. The Morgan fingerprint density at radius 1 is 1.12 bits per heavy atom. The Morgan fingerprint density at radius 2 is 1.79 bits per heavy atom. The summed E-state index contributed by atoms with van der Waals surface area (Å²) in [6.45, 7) is 0.938. The second-order valence-electron chi connectivity index (χ2n) is 4.70. The minimum Gasteiger partial charge on any atom is -0.426 e. The molecule has 0 saturated carbocycles. The van der Waals surface area contributed by atoms with E-state index in [-0.39, 0.29) is 17.9 Å². The summed E-state index contributed by atoms with van der Waals surface area (Å²) in [5, 5.41) is 12.0. The lowest BCUT2D eigenvalue weighted by atomic mass is 10.1. The third-order valence-electron chi connectivity index (χ3n) is 2.98. The number of hydrogen-bond donors (Lipinski definition) is 1. The minimum absolute atomic E-state index is 0.126. The summed E-state index contributed by atoms with van der Waals surface area (Å²) in [6, 6.07) is 12.8. The Bertz CT molecular complexity index is 775. The van der Waals surface area contributed by atoms with Crippen LogP contribution in [0.5, 0.6) is 5.75 Å². The van der Waals surface area contributed by atoms with Crippen LogP contribution >= 0.6 is 0 Å². The van der Waals surface area contributed by atoms with Gasteiger partial charge in [-0.2, -0.15) is 0 Å². The number of amides is 1. The maximum absolute atomic E-state index is 12.4. The van der Waals surface area contributed by atoms with Gasteiger partial charge in [0, 0.05) is 18.2 Å². The maximum Gasteiger partial charge on any atom is 0.308 e. The van der Waals surface area contributed by atoms with Crippen molar-refractivity contribution in [2.75, 3.05) is 5.32 Å². The third-order valence-corrected chi connectivity index (χ3v) is 2.98. The molecule has 1 amide bonds. The molecule has 0 aliphatic carbocycles. The molecule has 24 heavy (non-hydrogen) atoms. The number of benzene rings is 2. The number of carbonyl (C=O) groups is 2. The van der Waals surface area contributed by atoms with Gasteiger partial charge in [-0.1, -0.05) is 30.3 Å². The molecule has 0 aromatic heterocycles. The Balaban J connectivity index is 2.21. The van der Waals surface area contributed by atoms with Crippen LogP contribution in [0.15, 0.2) is 48.5 Å². The second kappa shape index (κ2) is 7.73. The zero-order chi connectivity index (χ0) is 17.5. The summed E-state index contributed by atoms with van der Waals surface area (Å²) < 4.78 is 5.00. The first-order valence-corrected chi connectivity index (χ1v) is 6.91. The van der Waals surface area contributed by atoms with Crippen LogP contribution in [0.1, 0.15) is 22.8 Å². The fourth-order valence-corrected chi connectivity index (χ4v) is 1.98. The van der Waals surface area contributed by atoms with Crippen molar-refractivity contribution in [3.63, 3.8) is 0 Å². The van der Waals surface area contributed by atoms with Crippen LogP contribution in [-0.2, 0) is 16.2 Å². The van der Waals surface area contributed by atoms with Gasteiger partial charge in [-0.15, -0.1) is 10.1 Å². The summed E-state index contributed by atoms with van der Waals surface area (Å²) in [5.41, 5.74) is 0.965. The molecule has 0 aliphatic heterocycles. The van der Waals surface area contributed by atoms with Gasteiger partial charge >= 0.3 is 5.97 Å². The number of carbonyl (C=O) groups excluding carboxylic acids is 2. The zero-order valence-corrected chi connectivity index (χ0v) is 12.7. The van der Waals surface area contributed by atoms with Gasteiger partial charge in [0.2, 0.25) is 0 Å². The van der Waals surface area contributed by atoms with Crippen molar-refractivity contribution in [1.29, 1.82) is 0 Å². The fraction of sp³-hybridized carbons (Fsp3) is 0.125. The van der Waals surface area contributed by atoms with Gasteiger partial charge in [-0.05, 0) is 18.2 Å². The van der Waals surface area contributed by atoms with Crippen LogP contribution in [0, 0.1) is 10.1 Å². The highest BCUT2D eigenvalue weighted by Gasteiger charge is 2.15. The van der Waals surface area contributed by atoms with Crippen molar-refractivity contribution in [2.24, 2.45) is 0 Å². The molecular formula is C16H14N2O6. The molecule has 0 aliphatic rings. The largest absolute Gasteiger partial charge is 0.426 e. The van der Waals surface area contributed by atoms with Gasteiger partial charge in [0.1, 0.15) is 12.4 Å². The highest BCUT2D eigenvalue weighted by Crippen LogP contribution is 2.22. The highest BCUT2D eigenvalue weighted by atomic mass is 16.9. The van der Waals surface area contributed by atoms with E-state index >= 15 is 0 Å². The monoisotopic (exact) mass is 330 g/mol. The summed E-state index contributed by atoms with van der Waals surface area (Å²) in [6.07, 6.45) is 0. The Morgan fingerprint density at radius 3 is 2.50 bits per heavy atom. The molecule has 2 aromatic rings. The molecular weight excluding hydrogens is 316 g/mol. The molecule has 1 N–H and O–H groups in total. The zero-order valence-electron chi connectivity index (χ0n) is 12.7. The van der Waals surface area contributed by atoms with Crippen LogP contribution in [0.4, 0.5) is 5.69 Å². The first-order valence-electron chi connectivity index (χ1n) is 6.91. The molecule has 2 aromatic carbocycles. The van der Waals surface area contributed by atoms with Gasteiger partial charge in [0.25, 0.3) is 11.0 Å². The number of para-hydroxylation sites is 2. The van der Waals surface area contributed by atoms with E-state index in [9.17, 15) is 19.7 Å². The van der Waals surface area contributed by atoms with Crippen LogP contribution in [-0.4, -0.2) is 17.0 Å². The summed E-state index contributed by atoms with van der Waals surface area (Å²) >= 11 is 0. The molecule has 8 heteroatoms. The van der Waals surface area contributed by atoms with Crippen molar-refractivity contribution in [3.8, 4) is 5.75 Å². The molecule has 0 saturated heterocycles. The fourth-order valence-electron chi connectivity index (χ4n) is 1.98.